The van der Waals surface area contributed by atoms with Gasteiger partial charge in [0, 0.05) is 16.9 Å². The van der Waals surface area contributed by atoms with Crippen molar-refractivity contribution >= 4 is 26.7 Å². The normalized spacial score (nSPS) is 10.5. The minimum atomic E-state index is 0.280. The fourth-order valence-corrected chi connectivity index (χ4v) is 1.77. The molecule has 0 saturated carbocycles. The van der Waals surface area contributed by atoms with Crippen LogP contribution in [0.15, 0.2) is 30.5 Å². The second-order valence-corrected chi connectivity index (χ2v) is 3.36. The lowest BCUT2D eigenvalue weighted by molar-refractivity contribution is 0.476. The van der Waals surface area contributed by atoms with Gasteiger partial charge in [-0.05, 0) is 23.6 Å². The van der Waals surface area contributed by atoms with Gasteiger partial charge < -0.3 is 5.11 Å². The molecule has 2 nitrogen and oxygen atoms in total. The van der Waals surface area contributed by atoms with Gasteiger partial charge in [0.2, 0.25) is 0 Å². The van der Waals surface area contributed by atoms with E-state index in [0.717, 1.165) is 16.5 Å². The Morgan fingerprint density at radius 1 is 1.31 bits per heavy atom. The van der Waals surface area contributed by atoms with E-state index in [2.05, 4.69) is 20.9 Å². The van der Waals surface area contributed by atoms with E-state index in [1.165, 1.54) is 0 Å². The molecule has 66 valence electrons. The van der Waals surface area contributed by atoms with Gasteiger partial charge >= 0.3 is 0 Å². The summed E-state index contributed by atoms with van der Waals surface area (Å²) in [7, 11) is 0. The number of hydrogen-bond acceptors (Lipinski definition) is 2. The van der Waals surface area contributed by atoms with E-state index in [1.54, 1.807) is 18.3 Å². The summed E-state index contributed by atoms with van der Waals surface area (Å²) in [6.07, 6.45) is 1.77. The molecule has 2 aromatic rings. The van der Waals surface area contributed by atoms with E-state index in [4.69, 9.17) is 0 Å². The first-order chi connectivity index (χ1) is 6.31. The summed E-state index contributed by atoms with van der Waals surface area (Å²) in [4.78, 5) is 4.21. The highest BCUT2D eigenvalue weighted by molar-refractivity contribution is 9.08. The molecule has 0 aliphatic heterocycles. The molecule has 13 heavy (non-hydrogen) atoms. The van der Waals surface area contributed by atoms with Crippen molar-refractivity contribution in [2.45, 2.75) is 5.33 Å². The molecule has 0 spiro atoms. The number of phenols is 1. The molecule has 1 aromatic carbocycles. The number of rotatable bonds is 1. The average Bonchev–Trinajstić information content (AvgIpc) is 2.17. The van der Waals surface area contributed by atoms with Crippen LogP contribution in [0.4, 0.5) is 0 Å². The van der Waals surface area contributed by atoms with E-state index in [0.29, 0.717) is 5.33 Å². The van der Waals surface area contributed by atoms with Crippen molar-refractivity contribution in [2.75, 3.05) is 0 Å². The lowest BCUT2D eigenvalue weighted by Gasteiger charge is -2.02. The largest absolute Gasteiger partial charge is 0.508 e. The molecule has 2 rings (SSSR count). The Balaban J connectivity index is 2.79. The second kappa shape index (κ2) is 3.34. The molecule has 0 aliphatic rings. The van der Waals surface area contributed by atoms with Crippen molar-refractivity contribution in [3.05, 3.63) is 36.2 Å². The third-order valence-electron chi connectivity index (χ3n) is 1.96. The first-order valence-corrected chi connectivity index (χ1v) is 5.06. The fraction of sp³-hybridized carbons (Fsp3) is 0.100. The van der Waals surface area contributed by atoms with Gasteiger partial charge in [-0.15, -0.1) is 0 Å². The monoisotopic (exact) mass is 237 g/mol. The van der Waals surface area contributed by atoms with Crippen molar-refractivity contribution < 1.29 is 5.11 Å². The number of pyridine rings is 1. The average molecular weight is 238 g/mol. The van der Waals surface area contributed by atoms with E-state index in [-0.39, 0.29) is 5.75 Å². The number of aromatic nitrogens is 1. The van der Waals surface area contributed by atoms with Gasteiger partial charge in [-0.3, -0.25) is 4.98 Å². The number of aromatic hydroxyl groups is 1. The third-order valence-corrected chi connectivity index (χ3v) is 2.49. The smallest absolute Gasteiger partial charge is 0.116 e. The summed E-state index contributed by atoms with van der Waals surface area (Å²) in [5.41, 5.74) is 0.952. The van der Waals surface area contributed by atoms with Crippen LogP contribution in [0.1, 0.15) is 5.69 Å². The standard InChI is InChI=1S/C10H8BrNO/c11-6-10-9-5-8(13)2-1-7(9)3-4-12-10/h1-5,13H,6H2. The van der Waals surface area contributed by atoms with Gasteiger partial charge in [-0.2, -0.15) is 0 Å². The summed E-state index contributed by atoms with van der Waals surface area (Å²) in [6.45, 7) is 0. The molecule has 3 heteroatoms. The number of fused-ring (bicyclic) bond motifs is 1. The van der Waals surface area contributed by atoms with E-state index >= 15 is 0 Å². The molecular formula is C10H8BrNO. The van der Waals surface area contributed by atoms with Crippen molar-refractivity contribution in [3.63, 3.8) is 0 Å². The van der Waals surface area contributed by atoms with Crippen LogP contribution in [0, 0.1) is 0 Å². The van der Waals surface area contributed by atoms with Gasteiger partial charge in [0.05, 0.1) is 5.69 Å². The van der Waals surface area contributed by atoms with Gasteiger partial charge in [0.15, 0.2) is 0 Å². The molecule has 0 aliphatic carbocycles. The van der Waals surface area contributed by atoms with Crippen LogP contribution in [-0.2, 0) is 5.33 Å². The van der Waals surface area contributed by atoms with Crippen LogP contribution < -0.4 is 0 Å². The maximum absolute atomic E-state index is 9.31. The molecule has 0 amide bonds. The molecule has 1 heterocycles. The molecule has 1 aromatic heterocycles. The number of nitrogens with zero attached hydrogens (tertiary/aromatic N) is 1. The topological polar surface area (TPSA) is 33.1 Å². The zero-order chi connectivity index (χ0) is 9.26. The summed E-state index contributed by atoms with van der Waals surface area (Å²) in [6, 6.07) is 7.23. The predicted octanol–water partition coefficient (Wildman–Crippen LogP) is 2.84. The summed E-state index contributed by atoms with van der Waals surface area (Å²) in [5, 5.41) is 12.1. The molecule has 0 saturated heterocycles. The van der Waals surface area contributed by atoms with Gasteiger partial charge in [-0.1, -0.05) is 22.0 Å². The number of halogens is 1. The number of phenolic OH excluding ortho intramolecular Hbond substituents is 1. The van der Waals surface area contributed by atoms with Crippen LogP contribution in [0.5, 0.6) is 5.75 Å². The minimum Gasteiger partial charge on any atom is -0.508 e. The van der Waals surface area contributed by atoms with Crippen molar-refractivity contribution in [3.8, 4) is 5.75 Å². The zero-order valence-electron chi connectivity index (χ0n) is 6.87. The highest BCUT2D eigenvalue weighted by Gasteiger charge is 2.00. The summed E-state index contributed by atoms with van der Waals surface area (Å²) >= 11 is 3.36. The van der Waals surface area contributed by atoms with Crippen molar-refractivity contribution in [1.82, 2.24) is 4.98 Å². The van der Waals surface area contributed by atoms with Crippen LogP contribution in [-0.4, -0.2) is 10.1 Å². The van der Waals surface area contributed by atoms with Crippen LogP contribution in [0.25, 0.3) is 10.8 Å². The minimum absolute atomic E-state index is 0.280. The molecular weight excluding hydrogens is 230 g/mol. The SMILES string of the molecule is Oc1ccc2ccnc(CBr)c2c1. The Labute approximate surface area is 84.4 Å². The Kier molecular flexibility index (Phi) is 2.19. The van der Waals surface area contributed by atoms with Crippen LogP contribution in [0.3, 0.4) is 0 Å². The first kappa shape index (κ1) is 8.51. The highest BCUT2D eigenvalue weighted by atomic mass is 79.9. The van der Waals surface area contributed by atoms with Crippen molar-refractivity contribution in [1.29, 1.82) is 0 Å². The summed E-state index contributed by atoms with van der Waals surface area (Å²) in [5.74, 6) is 0.280. The number of alkyl halides is 1. The van der Waals surface area contributed by atoms with Crippen LogP contribution >= 0.6 is 15.9 Å². The quantitative estimate of drug-likeness (QED) is 0.775. The van der Waals surface area contributed by atoms with E-state index in [1.807, 2.05) is 12.1 Å². The summed E-state index contributed by atoms with van der Waals surface area (Å²) < 4.78 is 0. The zero-order valence-corrected chi connectivity index (χ0v) is 8.45. The maximum atomic E-state index is 9.31. The Morgan fingerprint density at radius 3 is 2.92 bits per heavy atom. The third kappa shape index (κ3) is 1.52. The lowest BCUT2D eigenvalue weighted by atomic mass is 10.1. The van der Waals surface area contributed by atoms with Crippen LogP contribution in [0.2, 0.25) is 0 Å². The molecule has 1 N–H and O–H groups in total. The van der Waals surface area contributed by atoms with Crippen molar-refractivity contribution in [2.24, 2.45) is 0 Å². The van der Waals surface area contributed by atoms with E-state index in [9.17, 15) is 5.11 Å². The lowest BCUT2D eigenvalue weighted by Crippen LogP contribution is -1.86. The molecule has 0 unspecified atom stereocenters. The Morgan fingerprint density at radius 2 is 2.15 bits per heavy atom. The number of benzene rings is 1. The first-order valence-electron chi connectivity index (χ1n) is 3.94. The highest BCUT2D eigenvalue weighted by Crippen LogP contribution is 2.22. The Hall–Kier alpha value is -1.09. The predicted molar refractivity (Wildman–Crippen MR) is 56.0 cm³/mol. The van der Waals surface area contributed by atoms with Gasteiger partial charge in [0.1, 0.15) is 5.75 Å². The maximum Gasteiger partial charge on any atom is 0.116 e. The Bertz CT molecular complexity index is 442. The number of hydrogen-bond donors (Lipinski definition) is 1. The molecule has 0 fully saturated rings. The van der Waals surface area contributed by atoms with E-state index < -0.39 is 0 Å². The van der Waals surface area contributed by atoms with Gasteiger partial charge in [0.25, 0.3) is 0 Å². The molecule has 0 atom stereocenters. The van der Waals surface area contributed by atoms with Gasteiger partial charge in [-0.25, -0.2) is 0 Å². The molecule has 0 radical (unpaired) electrons. The fourth-order valence-electron chi connectivity index (χ4n) is 1.32. The second-order valence-electron chi connectivity index (χ2n) is 2.80. The molecule has 0 bridgehead atoms.